The Hall–Kier alpha value is -1.20. The van der Waals surface area contributed by atoms with Crippen LogP contribution in [0.15, 0.2) is 28.7 Å². The molecule has 3 rings (SSSR count). The minimum absolute atomic E-state index is 0.210. The molecular weight excluding hydrogens is 311 g/mol. The highest BCUT2D eigenvalue weighted by atomic mass is 79.9. The number of ether oxygens (including phenoxy) is 1. The highest BCUT2D eigenvalue weighted by Crippen LogP contribution is 2.34. The number of aromatic nitrogens is 2. The van der Waals surface area contributed by atoms with Gasteiger partial charge in [0, 0.05) is 5.56 Å². The molecule has 0 unspecified atom stereocenters. The molecule has 0 amide bonds. The van der Waals surface area contributed by atoms with Crippen LogP contribution in [-0.4, -0.2) is 15.4 Å². The van der Waals surface area contributed by atoms with Gasteiger partial charge in [0.2, 0.25) is 0 Å². The van der Waals surface area contributed by atoms with Gasteiger partial charge in [0.05, 0.1) is 28.9 Å². The lowest BCUT2D eigenvalue weighted by atomic mass is 10.1. The summed E-state index contributed by atoms with van der Waals surface area (Å²) in [4.78, 5) is 0. The first kappa shape index (κ1) is 12.8. The average molecular weight is 325 g/mol. The van der Waals surface area contributed by atoms with Gasteiger partial charge in [-0.1, -0.05) is 0 Å². The van der Waals surface area contributed by atoms with Crippen molar-refractivity contribution in [2.75, 3.05) is 0 Å². The molecular formula is C14H14BrFN2O. The molecule has 0 spiro atoms. The van der Waals surface area contributed by atoms with Crippen LogP contribution >= 0.6 is 15.9 Å². The van der Waals surface area contributed by atoms with E-state index in [-0.39, 0.29) is 11.4 Å². The van der Waals surface area contributed by atoms with Crippen molar-refractivity contribution in [3.05, 3.63) is 40.2 Å². The number of hydrogen-bond acceptors (Lipinski definition) is 2. The van der Waals surface area contributed by atoms with E-state index < -0.39 is 0 Å². The Morgan fingerprint density at radius 1 is 1.32 bits per heavy atom. The number of fused-ring (bicyclic) bond motifs is 1. The zero-order valence-electron chi connectivity index (χ0n) is 10.8. The van der Waals surface area contributed by atoms with Gasteiger partial charge in [-0.05, 0) is 54.0 Å². The summed E-state index contributed by atoms with van der Waals surface area (Å²) < 4.78 is 21.7. The zero-order valence-corrected chi connectivity index (χ0v) is 12.4. The Kier molecular flexibility index (Phi) is 2.98. The molecule has 2 aromatic rings. The fraction of sp³-hybridized carbons (Fsp3) is 0.357. The second-order valence-electron chi connectivity index (χ2n) is 5.32. The summed E-state index contributed by atoms with van der Waals surface area (Å²) in [5, 5.41) is 4.61. The van der Waals surface area contributed by atoms with Crippen molar-refractivity contribution in [2.24, 2.45) is 0 Å². The average Bonchev–Trinajstić information content (AvgIpc) is 2.65. The van der Waals surface area contributed by atoms with Crippen LogP contribution in [0.2, 0.25) is 0 Å². The Labute approximate surface area is 119 Å². The van der Waals surface area contributed by atoms with E-state index in [0.29, 0.717) is 13.2 Å². The predicted molar refractivity (Wildman–Crippen MR) is 74.2 cm³/mol. The maximum absolute atomic E-state index is 13.0. The van der Waals surface area contributed by atoms with Crippen LogP contribution in [0.5, 0.6) is 0 Å². The van der Waals surface area contributed by atoms with Crippen LogP contribution in [0.1, 0.15) is 19.5 Å². The van der Waals surface area contributed by atoms with E-state index in [0.717, 1.165) is 21.4 Å². The van der Waals surface area contributed by atoms with Gasteiger partial charge in [0.15, 0.2) is 0 Å². The predicted octanol–water partition coefficient (Wildman–Crippen LogP) is 3.76. The summed E-state index contributed by atoms with van der Waals surface area (Å²) in [5.74, 6) is -0.242. The lowest BCUT2D eigenvalue weighted by Crippen LogP contribution is -2.36. The van der Waals surface area contributed by atoms with E-state index in [9.17, 15) is 4.39 Å². The molecule has 2 heterocycles. The highest BCUT2D eigenvalue weighted by Gasteiger charge is 2.29. The van der Waals surface area contributed by atoms with Crippen LogP contribution in [0.3, 0.4) is 0 Å². The number of hydrogen-bond donors (Lipinski definition) is 0. The molecule has 0 radical (unpaired) electrons. The summed E-state index contributed by atoms with van der Waals surface area (Å²) in [6.45, 7) is 5.33. The van der Waals surface area contributed by atoms with Gasteiger partial charge in [0.25, 0.3) is 0 Å². The van der Waals surface area contributed by atoms with Crippen LogP contribution in [0.25, 0.3) is 11.3 Å². The smallest absolute Gasteiger partial charge is 0.123 e. The van der Waals surface area contributed by atoms with Gasteiger partial charge >= 0.3 is 0 Å². The Bertz CT molecular complexity index is 619. The molecule has 0 saturated carbocycles. The Balaban J connectivity index is 2.05. The van der Waals surface area contributed by atoms with Crippen molar-refractivity contribution in [1.29, 1.82) is 0 Å². The number of nitrogens with zero attached hydrogens (tertiary/aromatic N) is 2. The largest absolute Gasteiger partial charge is 0.367 e. The van der Waals surface area contributed by atoms with Crippen LogP contribution in [-0.2, 0) is 17.9 Å². The molecule has 0 atom stereocenters. The molecule has 1 aliphatic heterocycles. The molecule has 3 nitrogen and oxygen atoms in total. The van der Waals surface area contributed by atoms with E-state index in [1.54, 1.807) is 12.1 Å². The van der Waals surface area contributed by atoms with Crippen LogP contribution in [0, 0.1) is 5.82 Å². The molecule has 0 N–H and O–H groups in total. The van der Waals surface area contributed by atoms with E-state index in [1.807, 2.05) is 18.5 Å². The van der Waals surface area contributed by atoms with E-state index in [1.165, 1.54) is 12.1 Å². The Morgan fingerprint density at radius 2 is 2.00 bits per heavy atom. The van der Waals surface area contributed by atoms with Crippen molar-refractivity contribution >= 4 is 15.9 Å². The molecule has 5 heteroatoms. The molecule has 0 fully saturated rings. The third kappa shape index (κ3) is 2.32. The lowest BCUT2D eigenvalue weighted by molar-refractivity contribution is -0.0663. The summed E-state index contributed by atoms with van der Waals surface area (Å²) in [7, 11) is 0. The second kappa shape index (κ2) is 4.42. The quantitative estimate of drug-likeness (QED) is 0.798. The van der Waals surface area contributed by atoms with Gasteiger partial charge in [-0.15, -0.1) is 0 Å². The summed E-state index contributed by atoms with van der Waals surface area (Å²) >= 11 is 3.57. The molecule has 1 aromatic heterocycles. The summed E-state index contributed by atoms with van der Waals surface area (Å²) in [6.07, 6.45) is 0. The van der Waals surface area contributed by atoms with Gasteiger partial charge in [0.1, 0.15) is 11.5 Å². The van der Waals surface area contributed by atoms with Crippen molar-refractivity contribution in [3.8, 4) is 11.3 Å². The van der Waals surface area contributed by atoms with Crippen LogP contribution in [0.4, 0.5) is 4.39 Å². The summed E-state index contributed by atoms with van der Waals surface area (Å²) in [6, 6.07) is 6.36. The molecule has 19 heavy (non-hydrogen) atoms. The SMILES string of the molecule is CC1(C)Cn2nc(-c3ccc(F)cc3)c(Br)c2CO1. The van der Waals surface area contributed by atoms with E-state index in [2.05, 4.69) is 21.0 Å². The highest BCUT2D eigenvalue weighted by molar-refractivity contribution is 9.10. The maximum atomic E-state index is 13.0. The van der Waals surface area contributed by atoms with Gasteiger partial charge in [-0.3, -0.25) is 4.68 Å². The molecule has 0 bridgehead atoms. The second-order valence-corrected chi connectivity index (χ2v) is 6.12. The monoisotopic (exact) mass is 324 g/mol. The molecule has 1 aliphatic rings. The molecule has 100 valence electrons. The fourth-order valence-electron chi connectivity index (χ4n) is 2.21. The zero-order chi connectivity index (χ0) is 13.6. The van der Waals surface area contributed by atoms with Crippen molar-refractivity contribution < 1.29 is 9.13 Å². The standard InChI is InChI=1S/C14H14BrFN2O/c1-14(2)8-18-11(7-19-14)12(15)13(17-18)9-3-5-10(16)6-4-9/h3-6H,7-8H2,1-2H3. The number of rotatable bonds is 1. The topological polar surface area (TPSA) is 27.1 Å². The van der Waals surface area contributed by atoms with Crippen molar-refractivity contribution in [2.45, 2.75) is 32.6 Å². The number of benzene rings is 1. The first-order chi connectivity index (χ1) is 8.96. The lowest BCUT2D eigenvalue weighted by Gasteiger charge is -2.30. The van der Waals surface area contributed by atoms with Crippen molar-refractivity contribution in [1.82, 2.24) is 9.78 Å². The van der Waals surface area contributed by atoms with Crippen molar-refractivity contribution in [3.63, 3.8) is 0 Å². The molecule has 1 aromatic carbocycles. The Morgan fingerprint density at radius 3 is 2.68 bits per heavy atom. The number of halogens is 2. The first-order valence-electron chi connectivity index (χ1n) is 6.11. The minimum Gasteiger partial charge on any atom is -0.367 e. The van der Waals surface area contributed by atoms with Crippen LogP contribution < -0.4 is 0 Å². The van der Waals surface area contributed by atoms with E-state index in [4.69, 9.17) is 4.74 Å². The third-order valence-electron chi connectivity index (χ3n) is 3.24. The minimum atomic E-state index is -0.242. The normalized spacial score (nSPS) is 17.3. The van der Waals surface area contributed by atoms with E-state index >= 15 is 0 Å². The fourth-order valence-corrected chi connectivity index (χ4v) is 2.83. The maximum Gasteiger partial charge on any atom is 0.123 e. The third-order valence-corrected chi connectivity index (χ3v) is 4.07. The molecule has 0 saturated heterocycles. The molecule has 0 aliphatic carbocycles. The first-order valence-corrected chi connectivity index (χ1v) is 6.91. The summed E-state index contributed by atoms with van der Waals surface area (Å²) in [5.41, 5.74) is 2.54. The van der Waals surface area contributed by atoms with Gasteiger partial charge in [-0.2, -0.15) is 5.10 Å². The van der Waals surface area contributed by atoms with Gasteiger partial charge in [-0.25, -0.2) is 4.39 Å². The van der Waals surface area contributed by atoms with Gasteiger partial charge < -0.3 is 4.74 Å².